The summed E-state index contributed by atoms with van der Waals surface area (Å²) in [6.07, 6.45) is 5.47. The Bertz CT molecular complexity index is 572. The van der Waals surface area contributed by atoms with E-state index in [2.05, 4.69) is 0 Å². The Morgan fingerprint density at radius 2 is 2.04 bits per heavy atom. The minimum absolute atomic E-state index is 0.0154. The Balaban J connectivity index is 1.72. The van der Waals surface area contributed by atoms with Gasteiger partial charge < -0.3 is 19.5 Å². The van der Waals surface area contributed by atoms with Gasteiger partial charge in [-0.1, -0.05) is 43.2 Å². The number of carbonyl (C=O) groups excluding carboxylic acids is 1. The first-order valence-electron chi connectivity index (χ1n) is 8.74. The number of amides is 1. The number of ether oxygens (including phenoxy) is 2. The first-order valence-corrected chi connectivity index (χ1v) is 8.74. The van der Waals surface area contributed by atoms with Crippen LogP contribution < -0.4 is 0 Å². The van der Waals surface area contributed by atoms with Gasteiger partial charge in [-0.3, -0.25) is 4.79 Å². The molecule has 0 aromatic heterocycles. The molecule has 1 saturated heterocycles. The quantitative estimate of drug-likeness (QED) is 0.922. The van der Waals surface area contributed by atoms with Crippen LogP contribution >= 0.6 is 0 Å². The lowest BCUT2D eigenvalue weighted by Crippen LogP contribution is -2.42. The van der Waals surface area contributed by atoms with Crippen molar-refractivity contribution >= 4 is 5.91 Å². The predicted octanol–water partition coefficient (Wildman–Crippen LogP) is 2.77. The van der Waals surface area contributed by atoms with Gasteiger partial charge in [-0.15, -0.1) is 0 Å². The highest BCUT2D eigenvalue weighted by molar-refractivity contribution is 5.91. The van der Waals surface area contributed by atoms with E-state index in [0.29, 0.717) is 26.2 Å². The number of hydrogen-bond acceptors (Lipinski definition) is 4. The van der Waals surface area contributed by atoms with E-state index in [1.54, 1.807) is 0 Å². The molecular weight excluding hydrogens is 306 g/mol. The van der Waals surface area contributed by atoms with E-state index >= 15 is 0 Å². The van der Waals surface area contributed by atoms with Crippen LogP contribution in [-0.4, -0.2) is 41.7 Å². The summed E-state index contributed by atoms with van der Waals surface area (Å²) in [6.45, 7) is 1.58. The van der Waals surface area contributed by atoms with Crippen LogP contribution in [-0.2, 0) is 14.3 Å². The molecular formula is C19H25NO4. The largest absolute Gasteiger partial charge is 0.494 e. The zero-order valence-electron chi connectivity index (χ0n) is 13.9. The van der Waals surface area contributed by atoms with Crippen LogP contribution in [0.5, 0.6) is 0 Å². The van der Waals surface area contributed by atoms with Crippen molar-refractivity contribution in [3.05, 3.63) is 47.9 Å². The third-order valence-electron chi connectivity index (χ3n) is 4.68. The molecule has 0 radical (unpaired) electrons. The number of benzene rings is 1. The van der Waals surface area contributed by atoms with Crippen molar-refractivity contribution in [1.29, 1.82) is 0 Å². The number of carbonyl (C=O) groups is 1. The zero-order valence-corrected chi connectivity index (χ0v) is 13.9. The van der Waals surface area contributed by atoms with E-state index in [1.165, 1.54) is 6.26 Å². The summed E-state index contributed by atoms with van der Waals surface area (Å²) in [4.78, 5) is 14.7. The van der Waals surface area contributed by atoms with Crippen molar-refractivity contribution in [2.24, 2.45) is 0 Å². The summed E-state index contributed by atoms with van der Waals surface area (Å²) >= 11 is 0. The van der Waals surface area contributed by atoms with Crippen molar-refractivity contribution < 1.29 is 19.4 Å². The van der Waals surface area contributed by atoms with E-state index in [9.17, 15) is 9.90 Å². The maximum Gasteiger partial charge on any atom is 0.292 e. The molecule has 3 rings (SSSR count). The fourth-order valence-electron chi connectivity index (χ4n) is 3.38. The number of rotatable bonds is 4. The van der Waals surface area contributed by atoms with Crippen molar-refractivity contribution in [2.45, 2.75) is 44.2 Å². The lowest BCUT2D eigenvalue weighted by Gasteiger charge is -2.32. The number of aliphatic hydroxyl groups excluding tert-OH is 1. The van der Waals surface area contributed by atoms with E-state index < -0.39 is 6.10 Å². The fraction of sp³-hybridized carbons (Fsp3) is 0.526. The summed E-state index contributed by atoms with van der Waals surface area (Å²) in [7, 11) is 0. The number of aliphatic hydroxyl groups is 1. The monoisotopic (exact) mass is 331 g/mol. The van der Waals surface area contributed by atoms with Crippen LogP contribution in [0.1, 0.15) is 43.8 Å². The second kappa shape index (κ2) is 8.20. The van der Waals surface area contributed by atoms with Gasteiger partial charge in [0.05, 0.1) is 6.10 Å². The van der Waals surface area contributed by atoms with E-state index in [-0.39, 0.29) is 17.7 Å². The van der Waals surface area contributed by atoms with Crippen molar-refractivity contribution in [1.82, 2.24) is 4.90 Å². The lowest BCUT2D eigenvalue weighted by atomic mass is 9.98. The molecule has 1 aromatic carbocycles. The van der Waals surface area contributed by atoms with Crippen LogP contribution in [0.15, 0.2) is 42.4 Å². The lowest BCUT2D eigenvalue weighted by molar-refractivity contribution is -0.135. The second-order valence-corrected chi connectivity index (χ2v) is 6.37. The van der Waals surface area contributed by atoms with Crippen LogP contribution in [0.4, 0.5) is 0 Å². The Morgan fingerprint density at radius 1 is 1.21 bits per heavy atom. The highest BCUT2D eigenvalue weighted by atomic mass is 16.6. The molecule has 2 atom stereocenters. The second-order valence-electron chi connectivity index (χ2n) is 6.37. The van der Waals surface area contributed by atoms with Gasteiger partial charge in [0.15, 0.2) is 0 Å². The topological polar surface area (TPSA) is 59.0 Å². The SMILES string of the molecule is O=C(C1=COCCO1)N1CCCCC[C@@H]1C[C@@H](O)c1ccccc1. The molecule has 5 nitrogen and oxygen atoms in total. The third-order valence-corrected chi connectivity index (χ3v) is 4.68. The smallest absolute Gasteiger partial charge is 0.292 e. The highest BCUT2D eigenvalue weighted by Gasteiger charge is 2.31. The molecule has 24 heavy (non-hydrogen) atoms. The van der Waals surface area contributed by atoms with Gasteiger partial charge in [0, 0.05) is 12.6 Å². The van der Waals surface area contributed by atoms with E-state index in [0.717, 1.165) is 31.2 Å². The Morgan fingerprint density at radius 3 is 2.79 bits per heavy atom. The first-order chi connectivity index (χ1) is 11.8. The fourth-order valence-corrected chi connectivity index (χ4v) is 3.38. The molecule has 0 bridgehead atoms. The van der Waals surface area contributed by atoms with Gasteiger partial charge in [-0.05, 0) is 24.8 Å². The van der Waals surface area contributed by atoms with Crippen LogP contribution in [0.25, 0.3) is 0 Å². The number of hydrogen-bond donors (Lipinski definition) is 1. The van der Waals surface area contributed by atoms with E-state index in [1.807, 2.05) is 35.2 Å². The molecule has 0 unspecified atom stereocenters. The van der Waals surface area contributed by atoms with Gasteiger partial charge in [0.1, 0.15) is 19.5 Å². The van der Waals surface area contributed by atoms with Gasteiger partial charge >= 0.3 is 0 Å². The molecule has 0 saturated carbocycles. The normalized spacial score (nSPS) is 22.6. The van der Waals surface area contributed by atoms with Crippen molar-refractivity contribution in [3.8, 4) is 0 Å². The number of likely N-dealkylation sites (tertiary alicyclic amines) is 1. The summed E-state index contributed by atoms with van der Waals surface area (Å²) in [5.41, 5.74) is 0.894. The summed E-state index contributed by atoms with van der Waals surface area (Å²) in [6, 6.07) is 9.65. The number of nitrogens with zero attached hydrogens (tertiary/aromatic N) is 1. The van der Waals surface area contributed by atoms with Crippen LogP contribution in [0.2, 0.25) is 0 Å². The summed E-state index contributed by atoms with van der Waals surface area (Å²) in [5, 5.41) is 10.6. The van der Waals surface area contributed by atoms with Gasteiger partial charge in [-0.2, -0.15) is 0 Å². The molecule has 2 aliphatic rings. The molecule has 1 N–H and O–H groups in total. The third kappa shape index (κ3) is 4.09. The Hall–Kier alpha value is -2.01. The highest BCUT2D eigenvalue weighted by Crippen LogP contribution is 2.27. The molecule has 2 aliphatic heterocycles. The molecule has 2 heterocycles. The molecule has 5 heteroatoms. The Kier molecular flexibility index (Phi) is 5.75. The minimum Gasteiger partial charge on any atom is -0.494 e. The first kappa shape index (κ1) is 16.8. The Labute approximate surface area is 142 Å². The van der Waals surface area contributed by atoms with Crippen LogP contribution in [0, 0.1) is 0 Å². The molecule has 1 fully saturated rings. The van der Waals surface area contributed by atoms with Crippen molar-refractivity contribution in [3.63, 3.8) is 0 Å². The maximum atomic E-state index is 12.8. The minimum atomic E-state index is -0.567. The average Bonchev–Trinajstić information content (AvgIpc) is 2.88. The van der Waals surface area contributed by atoms with Crippen LogP contribution in [0.3, 0.4) is 0 Å². The molecule has 0 spiro atoms. The van der Waals surface area contributed by atoms with Crippen molar-refractivity contribution in [2.75, 3.05) is 19.8 Å². The predicted molar refractivity (Wildman–Crippen MR) is 90.0 cm³/mol. The summed E-state index contributed by atoms with van der Waals surface area (Å²) in [5.74, 6) is 0.157. The standard InChI is InChI=1S/C19H25NO4/c21-17(15-7-3-1-4-8-15)13-16-9-5-2-6-10-20(16)19(22)18-14-23-11-12-24-18/h1,3-4,7-8,14,16-17,21H,2,5-6,9-13H2/t16-,17-/m1/s1. The zero-order chi connectivity index (χ0) is 16.8. The van der Waals surface area contributed by atoms with Gasteiger partial charge in [-0.25, -0.2) is 0 Å². The maximum absolute atomic E-state index is 12.8. The molecule has 1 aromatic rings. The average molecular weight is 331 g/mol. The molecule has 130 valence electrons. The van der Waals surface area contributed by atoms with Gasteiger partial charge in [0.2, 0.25) is 5.76 Å². The summed E-state index contributed by atoms with van der Waals surface area (Å²) < 4.78 is 10.7. The van der Waals surface area contributed by atoms with Gasteiger partial charge in [0.25, 0.3) is 5.91 Å². The molecule has 0 aliphatic carbocycles. The van der Waals surface area contributed by atoms with E-state index in [4.69, 9.17) is 9.47 Å². The molecule has 1 amide bonds.